The predicted molar refractivity (Wildman–Crippen MR) is 93.7 cm³/mol. The van der Waals surface area contributed by atoms with Gasteiger partial charge in [-0.15, -0.1) is 0 Å². The molecule has 2 saturated heterocycles. The smallest absolute Gasteiger partial charge is 0.318 e. The maximum absolute atomic E-state index is 13.1. The number of hydrogen-bond donors (Lipinski definition) is 1. The van der Waals surface area contributed by atoms with Gasteiger partial charge in [0.05, 0.1) is 0 Å². The van der Waals surface area contributed by atoms with E-state index < -0.39 is 0 Å². The molecule has 6 heteroatoms. The van der Waals surface area contributed by atoms with Gasteiger partial charge in [0.2, 0.25) is 5.91 Å². The number of nitrogens with one attached hydrogen (secondary N) is 1. The minimum absolute atomic E-state index is 0.0426. The Labute approximate surface area is 148 Å². The van der Waals surface area contributed by atoms with Crippen molar-refractivity contribution >= 4 is 11.9 Å². The van der Waals surface area contributed by atoms with E-state index in [0.29, 0.717) is 19.6 Å². The molecule has 1 N–H and O–H groups in total. The lowest BCUT2D eigenvalue weighted by molar-refractivity contribution is -0.134. The number of hydrogen-bond acceptors (Lipinski definition) is 2. The highest BCUT2D eigenvalue weighted by Gasteiger charge is 2.39. The largest absolute Gasteiger partial charge is 0.340 e. The quantitative estimate of drug-likeness (QED) is 0.914. The average molecular weight is 347 g/mol. The first-order valence-electron chi connectivity index (χ1n) is 9.07. The van der Waals surface area contributed by atoms with Crippen LogP contribution in [0.3, 0.4) is 0 Å². The van der Waals surface area contributed by atoms with Crippen LogP contribution in [-0.4, -0.2) is 53.5 Å². The summed E-state index contributed by atoms with van der Waals surface area (Å²) in [6.45, 7) is 5.79. The van der Waals surface area contributed by atoms with Crippen molar-refractivity contribution in [1.82, 2.24) is 15.1 Å². The molecule has 2 heterocycles. The van der Waals surface area contributed by atoms with E-state index in [-0.39, 0.29) is 35.8 Å². The highest BCUT2D eigenvalue weighted by atomic mass is 19.1. The zero-order valence-electron chi connectivity index (χ0n) is 14.9. The van der Waals surface area contributed by atoms with Crippen LogP contribution in [0.25, 0.3) is 0 Å². The Balaban J connectivity index is 1.63. The van der Waals surface area contributed by atoms with Crippen LogP contribution >= 0.6 is 0 Å². The highest BCUT2D eigenvalue weighted by molar-refractivity contribution is 5.88. The zero-order valence-corrected chi connectivity index (χ0v) is 14.9. The molecule has 2 fully saturated rings. The first-order chi connectivity index (χ1) is 12.0. The molecule has 2 aliphatic heterocycles. The summed E-state index contributed by atoms with van der Waals surface area (Å²) in [7, 11) is 0. The van der Waals surface area contributed by atoms with E-state index in [1.807, 2.05) is 18.7 Å². The molecule has 25 heavy (non-hydrogen) atoms. The number of halogens is 1. The molecule has 0 radical (unpaired) electrons. The molecule has 3 rings (SSSR count). The van der Waals surface area contributed by atoms with E-state index >= 15 is 0 Å². The van der Waals surface area contributed by atoms with E-state index in [1.54, 1.807) is 17.0 Å². The van der Waals surface area contributed by atoms with Crippen molar-refractivity contribution < 1.29 is 14.0 Å². The molecule has 0 bridgehead atoms. The van der Waals surface area contributed by atoms with Crippen LogP contribution in [0, 0.1) is 5.82 Å². The monoisotopic (exact) mass is 347 g/mol. The highest BCUT2D eigenvalue weighted by Crippen LogP contribution is 2.29. The van der Waals surface area contributed by atoms with Crippen molar-refractivity contribution in [1.29, 1.82) is 0 Å². The third kappa shape index (κ3) is 3.94. The molecule has 0 spiro atoms. The van der Waals surface area contributed by atoms with Crippen LogP contribution in [-0.2, 0) is 4.79 Å². The Kier molecular flexibility index (Phi) is 5.25. The van der Waals surface area contributed by atoms with Crippen molar-refractivity contribution in [2.24, 2.45) is 0 Å². The number of urea groups is 1. The second-order valence-corrected chi connectivity index (χ2v) is 7.28. The summed E-state index contributed by atoms with van der Waals surface area (Å²) in [5.74, 6) is 0.0392. The Morgan fingerprint density at radius 1 is 1.16 bits per heavy atom. The number of likely N-dealkylation sites (tertiary alicyclic amines) is 2. The lowest BCUT2D eigenvalue weighted by Crippen LogP contribution is -2.51. The third-order valence-electron chi connectivity index (χ3n) is 5.05. The molecule has 2 atom stereocenters. The van der Waals surface area contributed by atoms with Crippen LogP contribution < -0.4 is 5.32 Å². The fourth-order valence-corrected chi connectivity index (χ4v) is 3.77. The standard InChI is InChI=1S/C19H26FN3O2/c1-13(2)21-19(25)23-10-3-4-17(23)18(24)22-11-9-15(12-22)14-5-7-16(20)8-6-14/h5-8,13,15,17H,3-4,9-12H2,1-2H3,(H,21,25)/t15?,17-/m0/s1. The topological polar surface area (TPSA) is 52.7 Å². The van der Waals surface area contributed by atoms with Gasteiger partial charge in [0.15, 0.2) is 0 Å². The Bertz CT molecular complexity index is 632. The molecule has 3 amide bonds. The third-order valence-corrected chi connectivity index (χ3v) is 5.05. The second kappa shape index (κ2) is 7.42. The fourth-order valence-electron chi connectivity index (χ4n) is 3.77. The van der Waals surface area contributed by atoms with Crippen molar-refractivity contribution in [3.8, 4) is 0 Å². The number of rotatable bonds is 3. The lowest BCUT2D eigenvalue weighted by Gasteiger charge is -2.28. The molecule has 1 unspecified atom stereocenters. The molecule has 0 aromatic heterocycles. The molecule has 136 valence electrons. The summed E-state index contributed by atoms with van der Waals surface area (Å²) in [5, 5.41) is 2.88. The van der Waals surface area contributed by atoms with Gasteiger partial charge >= 0.3 is 6.03 Å². The Hall–Kier alpha value is -2.11. The van der Waals surface area contributed by atoms with E-state index in [1.165, 1.54) is 12.1 Å². The summed E-state index contributed by atoms with van der Waals surface area (Å²) in [6.07, 6.45) is 2.46. The van der Waals surface area contributed by atoms with Crippen molar-refractivity contribution in [2.45, 2.75) is 51.1 Å². The van der Waals surface area contributed by atoms with Gasteiger partial charge in [-0.05, 0) is 50.8 Å². The summed E-state index contributed by atoms with van der Waals surface area (Å²) < 4.78 is 13.1. The van der Waals surface area contributed by atoms with E-state index in [9.17, 15) is 14.0 Å². The number of carbonyl (C=O) groups excluding carboxylic acids is 2. The van der Waals surface area contributed by atoms with Crippen LogP contribution in [0.1, 0.15) is 44.6 Å². The Morgan fingerprint density at radius 2 is 1.88 bits per heavy atom. The van der Waals surface area contributed by atoms with E-state index in [4.69, 9.17) is 0 Å². The zero-order chi connectivity index (χ0) is 18.0. The fraction of sp³-hybridized carbons (Fsp3) is 0.579. The maximum Gasteiger partial charge on any atom is 0.318 e. The minimum Gasteiger partial charge on any atom is -0.340 e. The lowest BCUT2D eigenvalue weighted by atomic mass is 9.98. The molecule has 1 aromatic carbocycles. The number of amides is 3. The number of carbonyl (C=O) groups is 2. The Morgan fingerprint density at radius 3 is 2.56 bits per heavy atom. The van der Waals surface area contributed by atoms with Gasteiger partial charge < -0.3 is 15.1 Å². The molecule has 0 aliphatic carbocycles. The van der Waals surface area contributed by atoms with Gasteiger partial charge in [0.1, 0.15) is 11.9 Å². The summed E-state index contributed by atoms with van der Waals surface area (Å²) in [6, 6.07) is 6.07. The average Bonchev–Trinajstić information content (AvgIpc) is 3.24. The van der Waals surface area contributed by atoms with Gasteiger partial charge in [-0.3, -0.25) is 4.79 Å². The maximum atomic E-state index is 13.1. The first kappa shape index (κ1) is 17.7. The summed E-state index contributed by atoms with van der Waals surface area (Å²) in [4.78, 5) is 28.8. The van der Waals surface area contributed by atoms with E-state index in [2.05, 4.69) is 5.32 Å². The van der Waals surface area contributed by atoms with Gasteiger partial charge in [0.25, 0.3) is 0 Å². The van der Waals surface area contributed by atoms with Crippen molar-refractivity contribution in [3.63, 3.8) is 0 Å². The molecule has 2 aliphatic rings. The molecule has 5 nitrogen and oxygen atoms in total. The van der Waals surface area contributed by atoms with Gasteiger partial charge in [0, 0.05) is 31.6 Å². The first-order valence-corrected chi connectivity index (χ1v) is 9.07. The molecule has 0 saturated carbocycles. The molecular weight excluding hydrogens is 321 g/mol. The van der Waals surface area contributed by atoms with Crippen LogP contribution in [0.15, 0.2) is 24.3 Å². The van der Waals surface area contributed by atoms with Gasteiger partial charge in [-0.2, -0.15) is 0 Å². The van der Waals surface area contributed by atoms with Gasteiger partial charge in [-0.1, -0.05) is 12.1 Å². The van der Waals surface area contributed by atoms with Crippen molar-refractivity contribution in [3.05, 3.63) is 35.6 Å². The number of nitrogens with zero attached hydrogens (tertiary/aromatic N) is 2. The SMILES string of the molecule is CC(C)NC(=O)N1CCC[C@H]1C(=O)N1CCC(c2ccc(F)cc2)C1. The summed E-state index contributed by atoms with van der Waals surface area (Å²) >= 11 is 0. The normalized spacial score (nSPS) is 23.4. The van der Waals surface area contributed by atoms with Crippen LogP contribution in [0.2, 0.25) is 0 Å². The second-order valence-electron chi connectivity index (χ2n) is 7.28. The van der Waals surface area contributed by atoms with Crippen molar-refractivity contribution in [2.75, 3.05) is 19.6 Å². The van der Waals surface area contributed by atoms with Crippen LogP contribution in [0.4, 0.5) is 9.18 Å². The van der Waals surface area contributed by atoms with E-state index in [0.717, 1.165) is 24.8 Å². The van der Waals surface area contributed by atoms with Crippen LogP contribution in [0.5, 0.6) is 0 Å². The number of benzene rings is 1. The summed E-state index contributed by atoms with van der Waals surface area (Å²) in [5.41, 5.74) is 1.07. The predicted octanol–water partition coefficient (Wildman–Crippen LogP) is 2.72. The minimum atomic E-state index is -0.356. The molecule has 1 aromatic rings. The van der Waals surface area contributed by atoms with Gasteiger partial charge in [-0.25, -0.2) is 9.18 Å². The molecular formula is C19H26FN3O2.